The van der Waals surface area contributed by atoms with Crippen LogP contribution in [0.4, 0.5) is 4.79 Å². The molecule has 0 bridgehead atoms. The molecule has 1 atom stereocenters. The van der Waals surface area contributed by atoms with Crippen molar-refractivity contribution in [3.8, 4) is 0 Å². The molecular weight excluding hydrogens is 168 g/mol. The molecule has 0 aromatic rings. The van der Waals surface area contributed by atoms with E-state index in [1.807, 2.05) is 6.92 Å². The summed E-state index contributed by atoms with van der Waals surface area (Å²) >= 11 is 0. The molecule has 1 rings (SSSR count). The van der Waals surface area contributed by atoms with Crippen molar-refractivity contribution in [3.63, 3.8) is 0 Å². The lowest BCUT2D eigenvalue weighted by Crippen LogP contribution is -2.46. The van der Waals surface area contributed by atoms with Gasteiger partial charge in [0.2, 0.25) is 0 Å². The molecule has 1 aliphatic rings. The Morgan fingerprint density at radius 3 is 3.08 bits per heavy atom. The molecule has 1 aliphatic heterocycles. The summed E-state index contributed by atoms with van der Waals surface area (Å²) in [6, 6.07) is 0.262. The third-order valence-electron chi connectivity index (χ3n) is 2.22. The van der Waals surface area contributed by atoms with Crippen molar-refractivity contribution in [2.24, 2.45) is 0 Å². The largest absolute Gasteiger partial charge is 0.450 e. The quantitative estimate of drug-likeness (QED) is 0.694. The van der Waals surface area contributed by atoms with Gasteiger partial charge in [0, 0.05) is 12.6 Å². The zero-order chi connectivity index (χ0) is 9.68. The number of amides is 1. The van der Waals surface area contributed by atoms with Gasteiger partial charge in [-0.1, -0.05) is 0 Å². The second-order valence-corrected chi connectivity index (χ2v) is 3.47. The maximum Gasteiger partial charge on any atom is 0.407 e. The van der Waals surface area contributed by atoms with Crippen LogP contribution in [0.1, 0.15) is 19.8 Å². The van der Waals surface area contributed by atoms with E-state index in [2.05, 4.69) is 17.3 Å². The Hall–Kier alpha value is -0.770. The molecule has 0 aromatic heterocycles. The van der Waals surface area contributed by atoms with Crippen LogP contribution >= 0.6 is 0 Å². The van der Waals surface area contributed by atoms with Crippen LogP contribution in [0.5, 0.6) is 0 Å². The summed E-state index contributed by atoms with van der Waals surface area (Å²) in [5.41, 5.74) is 0. The highest BCUT2D eigenvalue weighted by Crippen LogP contribution is 2.07. The second kappa shape index (κ2) is 5.07. The Morgan fingerprint density at radius 2 is 2.46 bits per heavy atom. The van der Waals surface area contributed by atoms with E-state index in [4.69, 9.17) is 4.74 Å². The van der Waals surface area contributed by atoms with Gasteiger partial charge in [-0.05, 0) is 33.4 Å². The number of likely N-dealkylation sites (N-methyl/N-ethyl adjacent to an activating group) is 1. The molecule has 1 saturated heterocycles. The maximum absolute atomic E-state index is 11.1. The summed E-state index contributed by atoms with van der Waals surface area (Å²) in [5, 5.41) is 2.85. The zero-order valence-electron chi connectivity index (χ0n) is 8.38. The van der Waals surface area contributed by atoms with Gasteiger partial charge in [0.1, 0.15) is 0 Å². The first-order valence-electron chi connectivity index (χ1n) is 4.84. The third kappa shape index (κ3) is 3.63. The lowest BCUT2D eigenvalue weighted by molar-refractivity contribution is 0.138. The highest BCUT2D eigenvalue weighted by molar-refractivity contribution is 5.67. The number of nitrogens with zero attached hydrogens (tertiary/aromatic N) is 1. The number of piperidine rings is 1. The normalized spacial score (nSPS) is 24.0. The van der Waals surface area contributed by atoms with Crippen molar-refractivity contribution in [1.29, 1.82) is 0 Å². The summed E-state index contributed by atoms with van der Waals surface area (Å²) in [7, 11) is 2.07. The van der Waals surface area contributed by atoms with Gasteiger partial charge in [0.05, 0.1) is 6.61 Å². The van der Waals surface area contributed by atoms with Crippen molar-refractivity contribution >= 4 is 6.09 Å². The smallest absolute Gasteiger partial charge is 0.407 e. The van der Waals surface area contributed by atoms with Crippen molar-refractivity contribution in [1.82, 2.24) is 10.2 Å². The molecule has 0 saturated carbocycles. The number of carbonyl (C=O) groups excluding carboxylic acids is 1. The molecule has 4 heteroatoms. The number of ether oxygens (including phenoxy) is 1. The Morgan fingerprint density at radius 1 is 1.69 bits per heavy atom. The highest BCUT2D eigenvalue weighted by atomic mass is 16.5. The van der Waals surface area contributed by atoms with Gasteiger partial charge < -0.3 is 15.0 Å². The number of rotatable bonds is 2. The number of nitrogens with one attached hydrogen (secondary N) is 1. The van der Waals surface area contributed by atoms with Gasteiger partial charge in [0.25, 0.3) is 0 Å². The molecule has 0 aliphatic carbocycles. The summed E-state index contributed by atoms with van der Waals surface area (Å²) < 4.78 is 4.81. The van der Waals surface area contributed by atoms with Crippen LogP contribution in [0, 0.1) is 0 Å². The lowest BCUT2D eigenvalue weighted by atomic mass is 10.1. The lowest BCUT2D eigenvalue weighted by Gasteiger charge is -2.29. The SMILES string of the molecule is CCOC(=O)NC1CCCN(C)C1. The third-order valence-corrected chi connectivity index (χ3v) is 2.22. The van der Waals surface area contributed by atoms with E-state index in [-0.39, 0.29) is 12.1 Å². The van der Waals surface area contributed by atoms with E-state index in [0.717, 1.165) is 25.9 Å². The van der Waals surface area contributed by atoms with Crippen molar-refractivity contribution in [3.05, 3.63) is 0 Å². The van der Waals surface area contributed by atoms with Gasteiger partial charge in [-0.15, -0.1) is 0 Å². The molecule has 1 unspecified atom stereocenters. The minimum absolute atomic E-state index is 0.262. The molecule has 76 valence electrons. The standard InChI is InChI=1S/C9H18N2O2/c1-3-13-9(12)10-8-5-4-6-11(2)7-8/h8H,3-7H2,1-2H3,(H,10,12). The Labute approximate surface area is 79.2 Å². The summed E-state index contributed by atoms with van der Waals surface area (Å²) in [6.07, 6.45) is 1.92. The maximum atomic E-state index is 11.1. The van der Waals surface area contributed by atoms with Crippen molar-refractivity contribution in [2.75, 3.05) is 26.7 Å². The average molecular weight is 186 g/mol. The molecule has 0 aromatic carbocycles. The summed E-state index contributed by atoms with van der Waals surface area (Å²) in [4.78, 5) is 13.3. The molecule has 4 nitrogen and oxygen atoms in total. The molecule has 1 fully saturated rings. The first kappa shape index (κ1) is 10.3. The minimum atomic E-state index is -0.289. The summed E-state index contributed by atoms with van der Waals surface area (Å²) in [5.74, 6) is 0. The van der Waals surface area contributed by atoms with Crippen LogP contribution < -0.4 is 5.32 Å². The van der Waals surface area contributed by atoms with E-state index >= 15 is 0 Å². The van der Waals surface area contributed by atoms with Gasteiger partial charge in [-0.25, -0.2) is 4.79 Å². The topological polar surface area (TPSA) is 41.6 Å². The Balaban J connectivity index is 2.23. The molecule has 0 radical (unpaired) electrons. The molecule has 1 amide bonds. The van der Waals surface area contributed by atoms with Gasteiger partial charge in [-0.2, -0.15) is 0 Å². The monoisotopic (exact) mass is 186 g/mol. The number of alkyl carbamates (subject to hydrolysis) is 1. The fourth-order valence-electron chi connectivity index (χ4n) is 1.62. The number of likely N-dealkylation sites (tertiary alicyclic amines) is 1. The summed E-state index contributed by atoms with van der Waals surface area (Å²) in [6.45, 7) is 4.31. The molecular formula is C9H18N2O2. The van der Waals surface area contributed by atoms with Crippen LogP contribution in [-0.2, 0) is 4.74 Å². The second-order valence-electron chi connectivity index (χ2n) is 3.47. The number of carbonyl (C=O) groups is 1. The molecule has 1 heterocycles. The molecule has 1 N–H and O–H groups in total. The first-order chi connectivity index (χ1) is 6.22. The van der Waals surface area contributed by atoms with Gasteiger partial charge in [0.15, 0.2) is 0 Å². The number of hydrogen-bond acceptors (Lipinski definition) is 3. The van der Waals surface area contributed by atoms with Crippen LogP contribution in [0.3, 0.4) is 0 Å². The van der Waals surface area contributed by atoms with Crippen molar-refractivity contribution < 1.29 is 9.53 Å². The van der Waals surface area contributed by atoms with E-state index in [0.29, 0.717) is 6.61 Å². The Kier molecular flexibility index (Phi) is 4.02. The molecule has 13 heavy (non-hydrogen) atoms. The van der Waals surface area contributed by atoms with Gasteiger partial charge >= 0.3 is 6.09 Å². The van der Waals surface area contributed by atoms with E-state index < -0.39 is 0 Å². The molecule has 0 spiro atoms. The number of hydrogen-bond donors (Lipinski definition) is 1. The van der Waals surface area contributed by atoms with Crippen LogP contribution in [0.15, 0.2) is 0 Å². The minimum Gasteiger partial charge on any atom is -0.450 e. The predicted octanol–water partition coefficient (Wildman–Crippen LogP) is 0.827. The van der Waals surface area contributed by atoms with E-state index in [9.17, 15) is 4.79 Å². The first-order valence-corrected chi connectivity index (χ1v) is 4.84. The Bertz CT molecular complexity index is 173. The van der Waals surface area contributed by atoms with E-state index in [1.165, 1.54) is 0 Å². The average Bonchev–Trinajstić information content (AvgIpc) is 2.04. The van der Waals surface area contributed by atoms with Crippen LogP contribution in [0.25, 0.3) is 0 Å². The predicted molar refractivity (Wildman–Crippen MR) is 50.7 cm³/mol. The van der Waals surface area contributed by atoms with E-state index in [1.54, 1.807) is 0 Å². The van der Waals surface area contributed by atoms with Crippen molar-refractivity contribution in [2.45, 2.75) is 25.8 Å². The van der Waals surface area contributed by atoms with Crippen LogP contribution in [-0.4, -0.2) is 43.8 Å². The fraction of sp³-hybridized carbons (Fsp3) is 0.889. The highest BCUT2D eigenvalue weighted by Gasteiger charge is 2.18. The zero-order valence-corrected chi connectivity index (χ0v) is 8.38. The van der Waals surface area contributed by atoms with Crippen LogP contribution in [0.2, 0.25) is 0 Å². The van der Waals surface area contributed by atoms with Gasteiger partial charge in [-0.3, -0.25) is 0 Å². The fourth-order valence-corrected chi connectivity index (χ4v) is 1.62.